The maximum atomic E-state index is 12.6. The van der Waals surface area contributed by atoms with Gasteiger partial charge in [-0.1, -0.05) is 6.92 Å². The summed E-state index contributed by atoms with van der Waals surface area (Å²) in [6.07, 6.45) is 0.399. The molecule has 1 aromatic carbocycles. The lowest BCUT2D eigenvalue weighted by Crippen LogP contribution is -2.28. The number of aliphatic hydroxyl groups excluding tert-OH is 1. The van der Waals surface area contributed by atoms with E-state index in [4.69, 9.17) is 0 Å². The fraction of sp³-hybridized carbons (Fsp3) is 0.455. The third-order valence-electron chi connectivity index (χ3n) is 2.22. The Morgan fingerprint density at radius 1 is 1.36 bits per heavy atom. The first-order valence-corrected chi connectivity index (χ1v) is 4.78. The van der Waals surface area contributed by atoms with Gasteiger partial charge < -0.3 is 10.0 Å². The molecule has 1 rings (SSSR count). The Morgan fingerprint density at radius 3 is 2.43 bits per heavy atom. The van der Waals surface area contributed by atoms with E-state index < -0.39 is 0 Å². The Hall–Kier alpha value is -1.09. The van der Waals surface area contributed by atoms with Gasteiger partial charge in [0, 0.05) is 19.3 Å². The first-order chi connectivity index (χ1) is 6.63. The van der Waals surface area contributed by atoms with Gasteiger partial charge in [0.05, 0.1) is 6.10 Å². The summed E-state index contributed by atoms with van der Waals surface area (Å²) in [6.45, 7) is 2.51. The second kappa shape index (κ2) is 4.96. The van der Waals surface area contributed by atoms with E-state index >= 15 is 0 Å². The first kappa shape index (κ1) is 11.0. The lowest BCUT2D eigenvalue weighted by Gasteiger charge is -2.21. The number of likely N-dealkylation sites (N-methyl/N-ethyl adjacent to an activating group) is 1. The van der Waals surface area contributed by atoms with Gasteiger partial charge in [0.15, 0.2) is 0 Å². The molecule has 2 nitrogen and oxygen atoms in total. The van der Waals surface area contributed by atoms with Crippen LogP contribution in [0.15, 0.2) is 24.3 Å². The highest BCUT2D eigenvalue weighted by Crippen LogP contribution is 2.13. The van der Waals surface area contributed by atoms with Crippen molar-refractivity contribution in [3.8, 4) is 0 Å². The Labute approximate surface area is 84.0 Å². The number of nitrogens with zero attached hydrogens (tertiary/aromatic N) is 1. The number of hydrogen-bond acceptors (Lipinski definition) is 2. The summed E-state index contributed by atoms with van der Waals surface area (Å²) in [4.78, 5) is 1.91. The zero-order valence-corrected chi connectivity index (χ0v) is 8.57. The Bertz CT molecular complexity index is 273. The molecule has 0 saturated carbocycles. The third-order valence-corrected chi connectivity index (χ3v) is 2.22. The molecule has 0 aliphatic heterocycles. The fourth-order valence-electron chi connectivity index (χ4n) is 1.25. The summed E-state index contributed by atoms with van der Waals surface area (Å²) in [7, 11) is 1.88. The molecule has 0 spiro atoms. The molecular weight excluding hydrogens is 181 g/mol. The molecule has 78 valence electrons. The van der Waals surface area contributed by atoms with Gasteiger partial charge in [-0.05, 0) is 30.7 Å². The molecule has 3 heteroatoms. The first-order valence-electron chi connectivity index (χ1n) is 4.78. The van der Waals surface area contributed by atoms with Crippen molar-refractivity contribution in [1.82, 2.24) is 0 Å². The van der Waals surface area contributed by atoms with E-state index in [0.29, 0.717) is 6.54 Å². The van der Waals surface area contributed by atoms with Crippen molar-refractivity contribution in [2.75, 3.05) is 18.5 Å². The molecule has 1 N–H and O–H groups in total. The predicted molar refractivity (Wildman–Crippen MR) is 56.0 cm³/mol. The van der Waals surface area contributed by atoms with E-state index in [9.17, 15) is 9.50 Å². The van der Waals surface area contributed by atoms with E-state index in [1.54, 1.807) is 12.1 Å². The molecule has 0 fully saturated rings. The predicted octanol–water partition coefficient (Wildman–Crippen LogP) is 2.03. The van der Waals surface area contributed by atoms with Crippen LogP contribution in [0.5, 0.6) is 0 Å². The molecule has 0 amide bonds. The summed E-state index contributed by atoms with van der Waals surface area (Å²) < 4.78 is 12.6. The molecular formula is C11H16FNO. The van der Waals surface area contributed by atoms with E-state index in [1.807, 2.05) is 18.9 Å². The second-order valence-corrected chi connectivity index (χ2v) is 3.42. The van der Waals surface area contributed by atoms with Crippen LogP contribution < -0.4 is 4.90 Å². The molecule has 0 heterocycles. The highest BCUT2D eigenvalue weighted by atomic mass is 19.1. The van der Waals surface area contributed by atoms with E-state index in [1.165, 1.54) is 12.1 Å². The maximum absolute atomic E-state index is 12.6. The van der Waals surface area contributed by atoms with Crippen molar-refractivity contribution in [2.45, 2.75) is 19.4 Å². The van der Waals surface area contributed by atoms with Gasteiger partial charge in [-0.25, -0.2) is 4.39 Å². The van der Waals surface area contributed by atoms with E-state index in [0.717, 1.165) is 12.1 Å². The quantitative estimate of drug-likeness (QED) is 0.798. The average molecular weight is 197 g/mol. The van der Waals surface area contributed by atoms with Crippen molar-refractivity contribution >= 4 is 5.69 Å². The monoisotopic (exact) mass is 197 g/mol. The average Bonchev–Trinajstić information content (AvgIpc) is 2.18. The number of benzene rings is 1. The zero-order chi connectivity index (χ0) is 10.6. The molecule has 0 aliphatic rings. The van der Waals surface area contributed by atoms with Gasteiger partial charge in [-0.2, -0.15) is 0 Å². The van der Waals surface area contributed by atoms with Crippen LogP contribution >= 0.6 is 0 Å². The van der Waals surface area contributed by atoms with Crippen LogP contribution in [0.4, 0.5) is 10.1 Å². The minimum Gasteiger partial charge on any atom is -0.391 e. The molecule has 0 saturated heterocycles. The second-order valence-electron chi connectivity index (χ2n) is 3.42. The van der Waals surface area contributed by atoms with Crippen LogP contribution in [-0.2, 0) is 0 Å². The zero-order valence-electron chi connectivity index (χ0n) is 8.57. The van der Waals surface area contributed by atoms with Gasteiger partial charge in [-0.15, -0.1) is 0 Å². The lowest BCUT2D eigenvalue weighted by molar-refractivity contribution is 0.177. The van der Waals surface area contributed by atoms with Gasteiger partial charge in [0.2, 0.25) is 0 Å². The third kappa shape index (κ3) is 3.00. The number of halogens is 1. The van der Waals surface area contributed by atoms with Crippen LogP contribution in [0, 0.1) is 5.82 Å². The molecule has 0 aromatic heterocycles. The van der Waals surface area contributed by atoms with Crippen LogP contribution in [0.25, 0.3) is 0 Å². The molecule has 0 bridgehead atoms. The summed E-state index contributed by atoms with van der Waals surface area (Å²) in [5.74, 6) is -0.238. The van der Waals surface area contributed by atoms with Crippen LogP contribution in [0.1, 0.15) is 13.3 Å². The van der Waals surface area contributed by atoms with Crippen LogP contribution in [-0.4, -0.2) is 24.8 Å². The van der Waals surface area contributed by atoms with Crippen molar-refractivity contribution in [3.05, 3.63) is 30.1 Å². The van der Waals surface area contributed by atoms with Crippen molar-refractivity contribution in [1.29, 1.82) is 0 Å². The highest BCUT2D eigenvalue weighted by molar-refractivity contribution is 5.45. The highest BCUT2D eigenvalue weighted by Gasteiger charge is 2.06. The maximum Gasteiger partial charge on any atom is 0.123 e. The molecule has 1 aromatic rings. The number of hydrogen-bond donors (Lipinski definition) is 1. The summed E-state index contributed by atoms with van der Waals surface area (Å²) in [6, 6.07) is 6.25. The van der Waals surface area contributed by atoms with Gasteiger partial charge in [-0.3, -0.25) is 0 Å². The standard InChI is InChI=1S/C11H16FNO/c1-3-11(14)8-13(2)10-6-4-9(12)5-7-10/h4-7,11,14H,3,8H2,1-2H3. The molecule has 1 atom stereocenters. The normalized spacial score (nSPS) is 12.6. The van der Waals surface area contributed by atoms with E-state index in [-0.39, 0.29) is 11.9 Å². The number of aliphatic hydroxyl groups is 1. The van der Waals surface area contributed by atoms with Gasteiger partial charge in [0.25, 0.3) is 0 Å². The molecule has 0 radical (unpaired) electrons. The van der Waals surface area contributed by atoms with Crippen LogP contribution in [0.3, 0.4) is 0 Å². The molecule has 0 aliphatic carbocycles. The van der Waals surface area contributed by atoms with Crippen LogP contribution in [0.2, 0.25) is 0 Å². The van der Waals surface area contributed by atoms with Crippen molar-refractivity contribution < 1.29 is 9.50 Å². The topological polar surface area (TPSA) is 23.5 Å². The number of rotatable bonds is 4. The van der Waals surface area contributed by atoms with Gasteiger partial charge >= 0.3 is 0 Å². The Kier molecular flexibility index (Phi) is 3.89. The Morgan fingerprint density at radius 2 is 1.93 bits per heavy atom. The van der Waals surface area contributed by atoms with Gasteiger partial charge in [0.1, 0.15) is 5.82 Å². The summed E-state index contributed by atoms with van der Waals surface area (Å²) in [5.41, 5.74) is 0.916. The van der Waals surface area contributed by atoms with Crippen molar-refractivity contribution in [2.24, 2.45) is 0 Å². The smallest absolute Gasteiger partial charge is 0.123 e. The minimum absolute atomic E-state index is 0.238. The van der Waals surface area contributed by atoms with Crippen molar-refractivity contribution in [3.63, 3.8) is 0 Å². The fourth-order valence-corrected chi connectivity index (χ4v) is 1.25. The largest absolute Gasteiger partial charge is 0.391 e. The summed E-state index contributed by atoms with van der Waals surface area (Å²) in [5, 5.41) is 9.43. The summed E-state index contributed by atoms with van der Waals surface area (Å²) >= 11 is 0. The number of anilines is 1. The lowest BCUT2D eigenvalue weighted by atomic mass is 10.2. The van der Waals surface area contributed by atoms with E-state index in [2.05, 4.69) is 0 Å². The Balaban J connectivity index is 2.60. The SMILES string of the molecule is CCC(O)CN(C)c1ccc(F)cc1. The molecule has 14 heavy (non-hydrogen) atoms. The minimum atomic E-state index is -0.329. The molecule has 1 unspecified atom stereocenters.